The second-order valence-corrected chi connectivity index (χ2v) is 5.85. The van der Waals surface area contributed by atoms with Crippen LogP contribution in [0.1, 0.15) is 40.9 Å². The minimum atomic E-state index is -0.141. The van der Waals surface area contributed by atoms with E-state index >= 15 is 0 Å². The second-order valence-electron chi connectivity index (χ2n) is 4.91. The van der Waals surface area contributed by atoms with Gasteiger partial charge in [-0.1, -0.05) is 18.7 Å². The van der Waals surface area contributed by atoms with Crippen molar-refractivity contribution in [2.45, 2.75) is 45.5 Å². The summed E-state index contributed by atoms with van der Waals surface area (Å²) in [7, 11) is 0. The van der Waals surface area contributed by atoms with Gasteiger partial charge in [0.05, 0.1) is 5.75 Å². The van der Waals surface area contributed by atoms with Crippen molar-refractivity contribution >= 4 is 17.5 Å². The Bertz CT molecular complexity index is 633. The lowest BCUT2D eigenvalue weighted by atomic mass is 10.2. The molecular formula is C14H20N4O2S. The van der Waals surface area contributed by atoms with Gasteiger partial charge in [-0.3, -0.25) is 4.79 Å². The van der Waals surface area contributed by atoms with Crippen molar-refractivity contribution in [3.63, 3.8) is 0 Å². The lowest BCUT2D eigenvalue weighted by molar-refractivity contribution is 0.102. The Morgan fingerprint density at radius 3 is 2.76 bits per heavy atom. The largest absolute Gasteiger partial charge is 0.388 e. The number of carbonyl (C=O) groups is 1. The zero-order valence-corrected chi connectivity index (χ0v) is 13.3. The number of nitrogens with zero attached hydrogens (tertiary/aromatic N) is 3. The Morgan fingerprint density at radius 2 is 2.19 bits per heavy atom. The van der Waals surface area contributed by atoms with Gasteiger partial charge in [0, 0.05) is 23.5 Å². The number of hydrogen-bond acceptors (Lipinski definition) is 5. The van der Waals surface area contributed by atoms with E-state index in [-0.39, 0.29) is 12.4 Å². The van der Waals surface area contributed by atoms with Gasteiger partial charge in [-0.05, 0) is 26.3 Å². The summed E-state index contributed by atoms with van der Waals surface area (Å²) in [4.78, 5) is 15.4. The lowest BCUT2D eigenvalue weighted by Crippen LogP contribution is -2.07. The van der Waals surface area contributed by atoms with Crippen LogP contribution in [0, 0.1) is 13.8 Å². The molecular weight excluding hydrogens is 288 g/mol. The molecule has 0 unspecified atom stereocenters. The first-order valence-electron chi connectivity index (χ1n) is 6.92. The van der Waals surface area contributed by atoms with Crippen LogP contribution in [0.2, 0.25) is 0 Å². The van der Waals surface area contributed by atoms with Crippen LogP contribution in [-0.2, 0) is 13.2 Å². The third-order valence-corrected chi connectivity index (χ3v) is 4.13. The molecule has 2 N–H and O–H groups in total. The number of aliphatic hydroxyl groups excluding tert-OH is 1. The van der Waals surface area contributed by atoms with E-state index in [9.17, 15) is 9.90 Å². The van der Waals surface area contributed by atoms with Gasteiger partial charge in [0.15, 0.2) is 16.8 Å². The number of Topliss-reactive ketones (excluding diaryl/α,β-unsaturated/α-hetero) is 1. The molecule has 21 heavy (non-hydrogen) atoms. The first-order valence-corrected chi connectivity index (χ1v) is 7.90. The van der Waals surface area contributed by atoms with Crippen LogP contribution < -0.4 is 0 Å². The van der Waals surface area contributed by atoms with Crippen molar-refractivity contribution in [2.24, 2.45) is 0 Å². The molecule has 6 nitrogen and oxygen atoms in total. The van der Waals surface area contributed by atoms with Crippen LogP contribution in [0.5, 0.6) is 0 Å². The number of aromatic amines is 1. The minimum absolute atomic E-state index is 0.0680. The fourth-order valence-corrected chi connectivity index (χ4v) is 3.08. The SMILES string of the molecule is CCCn1c(CO)nnc1SCC(=O)c1cc(C)[nH]c1C. The van der Waals surface area contributed by atoms with E-state index in [4.69, 9.17) is 0 Å². The predicted molar refractivity (Wildman–Crippen MR) is 81.6 cm³/mol. The summed E-state index contributed by atoms with van der Waals surface area (Å²) >= 11 is 1.36. The molecule has 0 atom stereocenters. The summed E-state index contributed by atoms with van der Waals surface area (Å²) in [6.45, 7) is 6.47. The van der Waals surface area contributed by atoms with Crippen LogP contribution >= 0.6 is 11.8 Å². The van der Waals surface area contributed by atoms with Gasteiger partial charge in [0.2, 0.25) is 0 Å². The maximum absolute atomic E-state index is 12.3. The number of nitrogens with one attached hydrogen (secondary N) is 1. The Hall–Kier alpha value is -1.60. The van der Waals surface area contributed by atoms with Gasteiger partial charge in [0.25, 0.3) is 0 Å². The number of rotatable bonds is 7. The zero-order chi connectivity index (χ0) is 15.4. The summed E-state index contributed by atoms with van der Waals surface area (Å²) in [5.74, 6) is 0.921. The molecule has 2 aromatic rings. The summed E-state index contributed by atoms with van der Waals surface area (Å²) < 4.78 is 1.87. The lowest BCUT2D eigenvalue weighted by Gasteiger charge is -2.06. The topological polar surface area (TPSA) is 83.8 Å². The Morgan fingerprint density at radius 1 is 1.43 bits per heavy atom. The van der Waals surface area contributed by atoms with E-state index in [1.165, 1.54) is 11.8 Å². The van der Waals surface area contributed by atoms with E-state index in [0.717, 1.165) is 29.9 Å². The number of aromatic nitrogens is 4. The van der Waals surface area contributed by atoms with Crippen molar-refractivity contribution in [1.82, 2.24) is 19.7 Å². The molecule has 0 bridgehead atoms. The summed E-state index contributed by atoms with van der Waals surface area (Å²) in [5, 5.41) is 17.9. The van der Waals surface area contributed by atoms with Gasteiger partial charge in [-0.25, -0.2) is 0 Å². The third-order valence-electron chi connectivity index (χ3n) is 3.16. The van der Waals surface area contributed by atoms with Gasteiger partial charge >= 0.3 is 0 Å². The molecule has 2 heterocycles. The maximum atomic E-state index is 12.3. The molecule has 2 rings (SSSR count). The third kappa shape index (κ3) is 3.54. The molecule has 0 radical (unpaired) electrons. The predicted octanol–water partition coefficient (Wildman–Crippen LogP) is 2.10. The fraction of sp³-hybridized carbons (Fsp3) is 0.500. The average molecular weight is 308 g/mol. The summed E-state index contributed by atoms with van der Waals surface area (Å²) in [6, 6.07) is 1.87. The Labute approximate surface area is 128 Å². The Kier molecular flexibility index (Phi) is 5.19. The van der Waals surface area contributed by atoms with Crippen molar-refractivity contribution in [1.29, 1.82) is 0 Å². The highest BCUT2D eigenvalue weighted by molar-refractivity contribution is 7.99. The molecule has 0 saturated carbocycles. The molecule has 0 aromatic carbocycles. The first-order chi connectivity index (χ1) is 10.1. The number of thioether (sulfide) groups is 1. The number of ketones is 1. The van der Waals surface area contributed by atoms with E-state index in [1.807, 2.05) is 31.4 Å². The average Bonchev–Trinajstić information content (AvgIpc) is 2.99. The molecule has 0 aliphatic carbocycles. The van der Waals surface area contributed by atoms with Crippen LogP contribution in [0.15, 0.2) is 11.2 Å². The maximum Gasteiger partial charge on any atom is 0.191 e. The van der Waals surface area contributed by atoms with E-state index in [0.29, 0.717) is 16.7 Å². The number of H-pyrrole nitrogens is 1. The highest BCUT2D eigenvalue weighted by Crippen LogP contribution is 2.20. The normalized spacial score (nSPS) is 11.0. The molecule has 0 aliphatic heterocycles. The smallest absolute Gasteiger partial charge is 0.191 e. The fourth-order valence-electron chi connectivity index (χ4n) is 2.21. The molecule has 0 fully saturated rings. The summed E-state index contributed by atoms with van der Waals surface area (Å²) in [6.07, 6.45) is 0.919. The molecule has 0 amide bonds. The molecule has 0 saturated heterocycles. The van der Waals surface area contributed by atoms with Crippen molar-refractivity contribution in [2.75, 3.05) is 5.75 Å². The molecule has 2 aromatic heterocycles. The standard InChI is InChI=1S/C14H20N4O2S/c1-4-5-18-13(7-19)16-17-14(18)21-8-12(20)11-6-9(2)15-10(11)3/h6,15,19H,4-5,7-8H2,1-3H3. The van der Waals surface area contributed by atoms with E-state index in [1.54, 1.807) is 0 Å². The number of aliphatic hydroxyl groups is 1. The van der Waals surface area contributed by atoms with Crippen LogP contribution in [0.3, 0.4) is 0 Å². The van der Waals surface area contributed by atoms with E-state index in [2.05, 4.69) is 15.2 Å². The van der Waals surface area contributed by atoms with Crippen molar-refractivity contribution in [3.8, 4) is 0 Å². The monoisotopic (exact) mass is 308 g/mol. The van der Waals surface area contributed by atoms with Gasteiger partial charge in [-0.15, -0.1) is 10.2 Å². The quantitative estimate of drug-likeness (QED) is 0.604. The molecule has 0 spiro atoms. The van der Waals surface area contributed by atoms with Crippen LogP contribution in [-0.4, -0.2) is 36.4 Å². The van der Waals surface area contributed by atoms with E-state index < -0.39 is 0 Å². The zero-order valence-electron chi connectivity index (χ0n) is 12.5. The number of carbonyl (C=O) groups excluding carboxylic acids is 1. The second kappa shape index (κ2) is 6.91. The summed E-state index contributed by atoms with van der Waals surface area (Å²) in [5.41, 5.74) is 2.60. The molecule has 114 valence electrons. The van der Waals surface area contributed by atoms with Crippen molar-refractivity contribution < 1.29 is 9.90 Å². The molecule has 7 heteroatoms. The van der Waals surface area contributed by atoms with Gasteiger partial charge < -0.3 is 14.7 Å². The number of aryl methyl sites for hydroxylation is 2. The minimum Gasteiger partial charge on any atom is -0.388 e. The first kappa shape index (κ1) is 15.8. The molecule has 0 aliphatic rings. The van der Waals surface area contributed by atoms with Crippen molar-refractivity contribution in [3.05, 3.63) is 28.8 Å². The number of hydrogen-bond donors (Lipinski definition) is 2. The highest BCUT2D eigenvalue weighted by atomic mass is 32.2. The Balaban J connectivity index is 2.07. The highest BCUT2D eigenvalue weighted by Gasteiger charge is 2.16. The van der Waals surface area contributed by atoms with Crippen LogP contribution in [0.4, 0.5) is 0 Å². The van der Waals surface area contributed by atoms with Gasteiger partial charge in [-0.2, -0.15) is 0 Å². The van der Waals surface area contributed by atoms with Gasteiger partial charge in [0.1, 0.15) is 6.61 Å². The van der Waals surface area contributed by atoms with Crippen LogP contribution in [0.25, 0.3) is 0 Å².